The van der Waals surface area contributed by atoms with E-state index in [4.69, 9.17) is 11.6 Å². The van der Waals surface area contributed by atoms with Crippen molar-refractivity contribution in [3.8, 4) is 0 Å². The van der Waals surface area contributed by atoms with Crippen molar-refractivity contribution in [1.29, 1.82) is 0 Å². The predicted molar refractivity (Wildman–Crippen MR) is 137 cm³/mol. The number of benzene rings is 1. The zero-order chi connectivity index (χ0) is 26.3. The molecule has 2 saturated heterocycles. The van der Waals surface area contributed by atoms with Crippen LogP contribution in [0.25, 0.3) is 0 Å². The summed E-state index contributed by atoms with van der Waals surface area (Å²) >= 11 is 6.06. The minimum Gasteiger partial charge on any atom is -0.384 e. The Hall–Kier alpha value is -3.10. The van der Waals surface area contributed by atoms with Gasteiger partial charge in [0.05, 0.1) is 34.6 Å². The molecular formula is C28H29ClF2N4O2. The van der Waals surface area contributed by atoms with E-state index in [1.54, 1.807) is 30.6 Å². The van der Waals surface area contributed by atoms with Crippen molar-refractivity contribution in [2.24, 2.45) is 17.8 Å². The minimum absolute atomic E-state index is 0.0338. The summed E-state index contributed by atoms with van der Waals surface area (Å²) in [5.41, 5.74) is 0.821. The van der Waals surface area contributed by atoms with Gasteiger partial charge in [-0.05, 0) is 29.8 Å². The summed E-state index contributed by atoms with van der Waals surface area (Å²) < 4.78 is 27.4. The molecule has 2 aliphatic rings. The van der Waals surface area contributed by atoms with Crippen molar-refractivity contribution < 1.29 is 18.7 Å². The average Bonchev–Trinajstić information content (AvgIpc) is 3.33. The van der Waals surface area contributed by atoms with Gasteiger partial charge in [-0.15, -0.1) is 0 Å². The van der Waals surface area contributed by atoms with Crippen LogP contribution in [0.5, 0.6) is 0 Å². The second-order valence-electron chi connectivity index (χ2n) is 10.3. The lowest BCUT2D eigenvalue weighted by molar-refractivity contribution is -0.152. The lowest BCUT2D eigenvalue weighted by Crippen LogP contribution is -2.57. The average molecular weight is 527 g/mol. The third-order valence-corrected chi connectivity index (χ3v) is 8.16. The van der Waals surface area contributed by atoms with Gasteiger partial charge in [-0.2, -0.15) is 0 Å². The molecule has 1 N–H and O–H groups in total. The largest absolute Gasteiger partial charge is 0.384 e. The molecule has 0 aliphatic carbocycles. The summed E-state index contributed by atoms with van der Waals surface area (Å²) in [6.07, 6.45) is 4.31. The van der Waals surface area contributed by atoms with E-state index < -0.39 is 17.3 Å². The highest BCUT2D eigenvalue weighted by Gasteiger charge is 2.49. The Labute approximate surface area is 219 Å². The predicted octanol–water partition coefficient (Wildman–Crippen LogP) is 4.63. The molecule has 194 valence electrons. The molecule has 1 amide bonds. The first-order valence-electron chi connectivity index (χ1n) is 12.4. The van der Waals surface area contributed by atoms with E-state index in [-0.39, 0.29) is 29.5 Å². The number of likely N-dealkylation sites (tertiary alicyclic amines) is 1. The summed E-state index contributed by atoms with van der Waals surface area (Å²) in [4.78, 5) is 26.2. The van der Waals surface area contributed by atoms with E-state index in [1.807, 2.05) is 29.7 Å². The number of hydrogen-bond acceptors (Lipinski definition) is 5. The van der Waals surface area contributed by atoms with E-state index in [1.165, 1.54) is 18.2 Å². The number of anilines is 1. The lowest BCUT2D eigenvalue weighted by Gasteiger charge is -2.48. The van der Waals surface area contributed by atoms with Crippen LogP contribution in [0.3, 0.4) is 0 Å². The first-order chi connectivity index (χ1) is 17.7. The SMILES string of the molecule is C[C@@H]1CN(C(=O)[C@@H]2CN(c3cncc(F)c3)C[C@H]2c2ccc(Cl)cn2)C[C@H](C)[C@]1(O)c1ccc(F)cc1. The Balaban J connectivity index is 1.41. The maximum Gasteiger partial charge on any atom is 0.228 e. The van der Waals surface area contributed by atoms with Gasteiger partial charge < -0.3 is 14.9 Å². The van der Waals surface area contributed by atoms with E-state index >= 15 is 0 Å². The van der Waals surface area contributed by atoms with Crippen LogP contribution in [-0.4, -0.2) is 52.1 Å². The number of nitrogens with zero attached hydrogens (tertiary/aromatic N) is 4. The third-order valence-electron chi connectivity index (χ3n) is 7.93. The van der Waals surface area contributed by atoms with Crippen LogP contribution in [0, 0.1) is 29.4 Å². The Kier molecular flexibility index (Phi) is 6.89. The van der Waals surface area contributed by atoms with Crippen LogP contribution in [-0.2, 0) is 10.4 Å². The normalized spacial score (nSPS) is 27.9. The molecule has 3 aromatic rings. The zero-order valence-electron chi connectivity index (χ0n) is 20.7. The molecule has 37 heavy (non-hydrogen) atoms. The molecule has 5 rings (SSSR count). The van der Waals surface area contributed by atoms with Crippen LogP contribution >= 0.6 is 11.6 Å². The highest BCUT2D eigenvalue weighted by molar-refractivity contribution is 6.30. The van der Waals surface area contributed by atoms with E-state index in [0.717, 1.165) is 11.9 Å². The van der Waals surface area contributed by atoms with Crippen molar-refractivity contribution in [2.75, 3.05) is 31.1 Å². The molecule has 9 heteroatoms. The second kappa shape index (κ2) is 9.99. The van der Waals surface area contributed by atoms with Crippen molar-refractivity contribution in [1.82, 2.24) is 14.9 Å². The summed E-state index contributed by atoms with van der Waals surface area (Å²) in [5, 5.41) is 12.2. The van der Waals surface area contributed by atoms with Gasteiger partial charge in [0.25, 0.3) is 0 Å². The van der Waals surface area contributed by atoms with Crippen LogP contribution in [0.4, 0.5) is 14.5 Å². The molecule has 2 fully saturated rings. The number of pyridine rings is 2. The first kappa shape index (κ1) is 25.5. The maximum absolute atomic E-state index is 14.0. The van der Waals surface area contributed by atoms with Crippen LogP contribution in [0.2, 0.25) is 5.02 Å². The lowest BCUT2D eigenvalue weighted by atomic mass is 9.70. The molecule has 6 nitrogen and oxygen atoms in total. The Morgan fingerprint density at radius 1 is 0.973 bits per heavy atom. The van der Waals surface area contributed by atoms with Crippen molar-refractivity contribution >= 4 is 23.2 Å². The minimum atomic E-state index is -1.18. The van der Waals surface area contributed by atoms with Gasteiger partial charge in [0.1, 0.15) is 11.6 Å². The van der Waals surface area contributed by atoms with Crippen molar-refractivity contribution in [3.05, 3.63) is 89.0 Å². The monoisotopic (exact) mass is 526 g/mol. The number of rotatable bonds is 4. The topological polar surface area (TPSA) is 69.6 Å². The maximum atomic E-state index is 14.0. The quantitative estimate of drug-likeness (QED) is 0.537. The molecule has 0 radical (unpaired) electrons. The van der Waals surface area contributed by atoms with Crippen molar-refractivity contribution in [2.45, 2.75) is 25.4 Å². The number of piperidine rings is 1. The van der Waals surface area contributed by atoms with Gasteiger partial charge in [-0.3, -0.25) is 14.8 Å². The Morgan fingerprint density at radius 3 is 2.30 bits per heavy atom. The molecule has 2 aromatic heterocycles. The molecule has 0 unspecified atom stereocenters. The molecule has 0 bridgehead atoms. The van der Waals surface area contributed by atoms with Gasteiger partial charge in [0, 0.05) is 61.9 Å². The highest BCUT2D eigenvalue weighted by Crippen LogP contribution is 2.43. The molecule has 0 saturated carbocycles. The van der Waals surface area contributed by atoms with Gasteiger partial charge in [-0.25, -0.2) is 8.78 Å². The number of halogens is 3. The summed E-state index contributed by atoms with van der Waals surface area (Å²) in [5.74, 6) is -2.03. The second-order valence-corrected chi connectivity index (χ2v) is 10.7. The molecule has 5 atom stereocenters. The summed E-state index contributed by atoms with van der Waals surface area (Å²) in [7, 11) is 0. The summed E-state index contributed by atoms with van der Waals surface area (Å²) in [6, 6.07) is 10.9. The molecule has 4 heterocycles. The highest BCUT2D eigenvalue weighted by atomic mass is 35.5. The van der Waals surface area contributed by atoms with Gasteiger partial charge in [0.2, 0.25) is 5.91 Å². The smallest absolute Gasteiger partial charge is 0.228 e. The molecule has 1 aromatic carbocycles. The van der Waals surface area contributed by atoms with Crippen molar-refractivity contribution in [3.63, 3.8) is 0 Å². The van der Waals surface area contributed by atoms with E-state index in [2.05, 4.69) is 9.97 Å². The van der Waals surface area contributed by atoms with Gasteiger partial charge >= 0.3 is 0 Å². The Morgan fingerprint density at radius 2 is 1.68 bits per heavy atom. The fraction of sp³-hybridized carbons (Fsp3) is 0.393. The molecular weight excluding hydrogens is 498 g/mol. The van der Waals surface area contributed by atoms with Gasteiger partial charge in [0.15, 0.2) is 0 Å². The van der Waals surface area contributed by atoms with E-state index in [0.29, 0.717) is 42.5 Å². The zero-order valence-corrected chi connectivity index (χ0v) is 21.4. The number of carbonyl (C=O) groups is 1. The number of amides is 1. The third kappa shape index (κ3) is 4.80. The standard InChI is InChI=1S/C28H29ClF2N4O2/c1-17-13-35(14-18(2)28(17,37)19-3-6-21(30)7-4-19)27(36)25-16-34(23-9-22(31)11-32-12-23)15-24(25)26-8-5-20(29)10-33-26/h3-12,17-18,24-25,37H,13-16H2,1-2H3/t17-,18+,24-,25-,28+/m1/s1. The first-order valence-corrected chi connectivity index (χ1v) is 12.8. The summed E-state index contributed by atoms with van der Waals surface area (Å²) in [6.45, 7) is 5.41. The number of aromatic nitrogens is 2. The number of aliphatic hydroxyl groups is 1. The number of carbonyl (C=O) groups excluding carboxylic acids is 1. The van der Waals surface area contributed by atoms with Gasteiger partial charge in [-0.1, -0.05) is 37.6 Å². The fourth-order valence-electron chi connectivity index (χ4n) is 5.94. The van der Waals surface area contributed by atoms with E-state index in [9.17, 15) is 18.7 Å². The molecule has 2 aliphatic heterocycles. The number of hydrogen-bond donors (Lipinski definition) is 1. The molecule has 0 spiro atoms. The Bertz CT molecular complexity index is 1260. The van der Waals surface area contributed by atoms with Crippen LogP contribution < -0.4 is 4.90 Å². The van der Waals surface area contributed by atoms with Crippen LogP contribution in [0.15, 0.2) is 61.1 Å². The van der Waals surface area contributed by atoms with Crippen LogP contribution in [0.1, 0.15) is 31.0 Å². The fourth-order valence-corrected chi connectivity index (χ4v) is 6.06.